The van der Waals surface area contributed by atoms with Crippen LogP contribution in [-0.2, 0) is 56.6 Å². The quantitative estimate of drug-likeness (QED) is 0.360. The van der Waals surface area contributed by atoms with Crippen molar-refractivity contribution >= 4 is 7.32 Å². The molecule has 6 fully saturated rings. The van der Waals surface area contributed by atoms with E-state index in [1.807, 2.05) is 0 Å². The first-order chi connectivity index (χ1) is 16.5. The predicted octanol–water partition coefficient (Wildman–Crippen LogP) is 0.655. The Morgan fingerprint density at radius 3 is 1.00 bits per heavy atom. The van der Waals surface area contributed by atoms with E-state index in [0.29, 0.717) is 39.1 Å². The molecule has 6 heterocycles. The highest BCUT2D eigenvalue weighted by atomic mass is 16.9. The lowest BCUT2D eigenvalue weighted by Gasteiger charge is -2.58. The summed E-state index contributed by atoms with van der Waals surface area (Å²) in [6.45, 7) is 1.92. The van der Waals surface area contributed by atoms with Gasteiger partial charge in [0.2, 0.25) is 0 Å². The molecule has 0 spiro atoms. The first-order valence-electron chi connectivity index (χ1n) is 12.0. The van der Waals surface area contributed by atoms with Crippen LogP contribution >= 0.6 is 0 Å². The molecule has 0 aromatic rings. The van der Waals surface area contributed by atoms with E-state index in [1.165, 1.54) is 0 Å². The zero-order valence-corrected chi connectivity index (χ0v) is 19.8. The van der Waals surface area contributed by atoms with E-state index in [0.717, 1.165) is 19.3 Å². The van der Waals surface area contributed by atoms with Crippen LogP contribution in [0.25, 0.3) is 0 Å². The number of ether oxygens (including phenoxy) is 9. The lowest BCUT2D eigenvalue weighted by atomic mass is 9.89. The van der Waals surface area contributed by atoms with Crippen LogP contribution in [0.3, 0.4) is 0 Å². The van der Waals surface area contributed by atoms with Crippen molar-refractivity contribution in [2.24, 2.45) is 0 Å². The van der Waals surface area contributed by atoms with Crippen LogP contribution < -0.4 is 0 Å². The maximum Gasteiger partial charge on any atom is 0.646 e. The fourth-order valence-electron chi connectivity index (χ4n) is 5.12. The molecule has 0 aromatic carbocycles. The maximum absolute atomic E-state index is 6.42. The van der Waals surface area contributed by atoms with Crippen LogP contribution in [0.4, 0.5) is 0 Å². The molecule has 6 rings (SSSR count). The van der Waals surface area contributed by atoms with E-state index < -0.39 is 43.6 Å². The van der Waals surface area contributed by atoms with Gasteiger partial charge in [0.05, 0.1) is 19.3 Å². The third-order valence-corrected chi connectivity index (χ3v) is 7.59. The van der Waals surface area contributed by atoms with E-state index >= 15 is 0 Å². The smallest absolute Gasteiger partial charge is 0.372 e. The molecule has 0 amide bonds. The molecule has 6 saturated heterocycles. The average Bonchev–Trinajstić information content (AvgIpc) is 2.61. The van der Waals surface area contributed by atoms with Gasteiger partial charge in [-0.15, -0.1) is 0 Å². The Hall–Kier alpha value is -0.415. The lowest BCUT2D eigenvalue weighted by Crippen LogP contribution is -2.72. The Morgan fingerprint density at radius 2 is 0.824 bits per heavy atom. The summed E-state index contributed by atoms with van der Waals surface area (Å²) in [4.78, 5) is 0. The Bertz CT molecular complexity index is 615. The lowest BCUT2D eigenvalue weighted by molar-refractivity contribution is -0.457. The predicted molar refractivity (Wildman–Crippen MR) is 110 cm³/mol. The molecule has 0 aromatic heterocycles. The minimum Gasteiger partial charge on any atom is -0.372 e. The van der Waals surface area contributed by atoms with Gasteiger partial charge in [0.15, 0.2) is 36.2 Å². The molecule has 0 aliphatic carbocycles. The van der Waals surface area contributed by atoms with Crippen LogP contribution in [0, 0.1) is 0 Å². The van der Waals surface area contributed by atoms with Gasteiger partial charge in [0, 0.05) is 60.4 Å². The van der Waals surface area contributed by atoms with Crippen molar-refractivity contribution in [1.29, 1.82) is 0 Å². The first kappa shape index (κ1) is 24.0. The van der Waals surface area contributed by atoms with Gasteiger partial charge in [0.1, 0.15) is 18.3 Å². The van der Waals surface area contributed by atoms with Gasteiger partial charge in [-0.05, 0) is 0 Å². The second kappa shape index (κ2) is 9.16. The summed E-state index contributed by atoms with van der Waals surface area (Å²) in [5, 5.41) is 0. The molecular weight excluding hydrogens is 455 g/mol. The number of hydrogen-bond acceptors (Lipinski definition) is 12. The largest absolute Gasteiger partial charge is 0.646 e. The van der Waals surface area contributed by atoms with Crippen molar-refractivity contribution in [3.05, 3.63) is 0 Å². The molecule has 192 valence electrons. The van der Waals surface area contributed by atoms with Crippen LogP contribution in [0.1, 0.15) is 38.5 Å². The van der Waals surface area contributed by atoms with Crippen molar-refractivity contribution in [3.8, 4) is 0 Å². The fourth-order valence-corrected chi connectivity index (χ4v) is 5.12. The minimum atomic E-state index is -1.22. The van der Waals surface area contributed by atoms with E-state index in [1.54, 1.807) is 21.3 Å². The van der Waals surface area contributed by atoms with Gasteiger partial charge in [-0.1, -0.05) is 0 Å². The SMILES string of the molecule is COC1CC(OB(OC2(C3CCO3)CC(OC)O2)OC2(C3CCO3)CC(OC)O2)(C2CCO2)O1. The number of hydrogen-bond donors (Lipinski definition) is 0. The average molecular weight is 488 g/mol. The third-order valence-electron chi connectivity index (χ3n) is 7.59. The van der Waals surface area contributed by atoms with E-state index in [4.69, 9.17) is 56.6 Å². The second-order valence-electron chi connectivity index (χ2n) is 9.48. The molecule has 0 bridgehead atoms. The van der Waals surface area contributed by atoms with Crippen LogP contribution in [0.15, 0.2) is 0 Å². The molecule has 0 N–H and O–H groups in total. The zero-order chi connectivity index (χ0) is 23.4. The van der Waals surface area contributed by atoms with E-state index in [2.05, 4.69) is 0 Å². The van der Waals surface area contributed by atoms with Crippen molar-refractivity contribution in [2.75, 3.05) is 41.2 Å². The van der Waals surface area contributed by atoms with Gasteiger partial charge in [-0.2, -0.15) is 0 Å². The molecule has 0 saturated carbocycles. The zero-order valence-electron chi connectivity index (χ0n) is 19.8. The molecular formula is C21H33BO12. The fraction of sp³-hybridized carbons (Fsp3) is 1.00. The van der Waals surface area contributed by atoms with Crippen LogP contribution in [0.2, 0.25) is 0 Å². The third kappa shape index (κ3) is 3.94. The molecule has 9 atom stereocenters. The summed E-state index contributed by atoms with van der Waals surface area (Å²) >= 11 is 0. The summed E-state index contributed by atoms with van der Waals surface area (Å²) in [6, 6.07) is 0. The molecule has 0 radical (unpaired) electrons. The van der Waals surface area contributed by atoms with Crippen LogP contribution in [0.5, 0.6) is 0 Å². The summed E-state index contributed by atoms with van der Waals surface area (Å²) in [5.74, 6) is -3.20. The Labute approximate surface area is 198 Å². The van der Waals surface area contributed by atoms with Gasteiger partial charge in [-0.3, -0.25) is 0 Å². The highest BCUT2D eigenvalue weighted by Gasteiger charge is 2.66. The normalized spacial score (nSPS) is 49.5. The van der Waals surface area contributed by atoms with Crippen molar-refractivity contribution in [2.45, 2.75) is 93.1 Å². The first-order valence-corrected chi connectivity index (χ1v) is 12.0. The van der Waals surface area contributed by atoms with Crippen molar-refractivity contribution in [3.63, 3.8) is 0 Å². The number of methoxy groups -OCH3 is 3. The molecule has 34 heavy (non-hydrogen) atoms. The summed E-state index contributed by atoms with van der Waals surface area (Å²) in [6.07, 6.45) is 1.83. The second-order valence-corrected chi connectivity index (χ2v) is 9.48. The minimum absolute atomic E-state index is 0.261. The van der Waals surface area contributed by atoms with E-state index in [9.17, 15) is 0 Å². The van der Waals surface area contributed by atoms with Gasteiger partial charge >= 0.3 is 7.32 Å². The molecule has 13 heteroatoms. The molecule has 6 aliphatic heterocycles. The Balaban J connectivity index is 1.23. The van der Waals surface area contributed by atoms with Gasteiger partial charge in [-0.25, -0.2) is 0 Å². The summed E-state index contributed by atoms with van der Waals surface area (Å²) < 4.78 is 70.5. The Kier molecular flexibility index (Phi) is 6.45. The van der Waals surface area contributed by atoms with Gasteiger partial charge < -0.3 is 56.6 Å². The van der Waals surface area contributed by atoms with Gasteiger partial charge in [0.25, 0.3) is 0 Å². The summed E-state index contributed by atoms with van der Waals surface area (Å²) in [5.41, 5.74) is 0. The topological polar surface area (TPSA) is 111 Å². The molecule has 12 nitrogen and oxygen atoms in total. The maximum atomic E-state index is 6.42. The summed E-state index contributed by atoms with van der Waals surface area (Å²) in [7, 11) is 3.55. The van der Waals surface area contributed by atoms with Crippen molar-refractivity contribution in [1.82, 2.24) is 0 Å². The molecule has 6 aliphatic rings. The Morgan fingerprint density at radius 1 is 0.559 bits per heavy atom. The standard InChI is InChI=1S/C21H33BO12/c1-23-16-10-19(29-16,13-4-7-26-13)32-22(33-20(14-5-8-27-14)11-17(24-2)30-20)34-21(15-6-9-28-15)12-18(25-3)31-21/h13-18H,4-12H2,1-3H3. The molecule has 9 unspecified atom stereocenters. The van der Waals surface area contributed by atoms with Crippen molar-refractivity contribution < 1.29 is 56.6 Å². The number of rotatable bonds is 12. The van der Waals surface area contributed by atoms with E-state index in [-0.39, 0.29) is 18.3 Å². The monoisotopic (exact) mass is 488 g/mol. The van der Waals surface area contributed by atoms with Crippen LogP contribution in [-0.4, -0.2) is 103 Å². The highest BCUT2D eigenvalue weighted by molar-refractivity contribution is 6.37. The highest BCUT2D eigenvalue weighted by Crippen LogP contribution is 2.49.